The van der Waals surface area contributed by atoms with Gasteiger partial charge < -0.3 is 14.9 Å². The standard InChI is InChI=1S/C14H24N2O2/c1-2-16(9-13-5-3-8-18-13)11-14(10-15)6-4-7-17-12-14/h3,5,8H,2,4,6-7,9-12,15H2,1H3. The molecule has 0 amide bonds. The summed E-state index contributed by atoms with van der Waals surface area (Å²) in [5.74, 6) is 1.01. The predicted molar refractivity (Wildman–Crippen MR) is 71.2 cm³/mol. The summed E-state index contributed by atoms with van der Waals surface area (Å²) in [5.41, 5.74) is 6.11. The first-order valence-electron chi connectivity index (χ1n) is 6.80. The minimum Gasteiger partial charge on any atom is -0.468 e. The van der Waals surface area contributed by atoms with Gasteiger partial charge in [-0.1, -0.05) is 6.92 Å². The summed E-state index contributed by atoms with van der Waals surface area (Å²) in [5, 5.41) is 0. The normalized spacial score (nSPS) is 24.6. The first-order valence-corrected chi connectivity index (χ1v) is 6.80. The number of rotatable bonds is 6. The SMILES string of the molecule is CCN(Cc1ccco1)CC1(CN)CCCOC1. The van der Waals surface area contributed by atoms with E-state index in [1.807, 2.05) is 12.1 Å². The van der Waals surface area contributed by atoms with Gasteiger partial charge in [0.1, 0.15) is 5.76 Å². The van der Waals surface area contributed by atoms with Crippen molar-refractivity contribution in [2.24, 2.45) is 11.1 Å². The summed E-state index contributed by atoms with van der Waals surface area (Å²) in [6.07, 6.45) is 4.01. The van der Waals surface area contributed by atoms with Gasteiger partial charge in [-0.3, -0.25) is 4.90 Å². The lowest BCUT2D eigenvalue weighted by atomic mass is 9.82. The molecule has 1 aliphatic heterocycles. The third kappa shape index (κ3) is 3.34. The summed E-state index contributed by atoms with van der Waals surface area (Å²) in [7, 11) is 0. The minimum absolute atomic E-state index is 0.126. The molecule has 1 saturated heterocycles. The van der Waals surface area contributed by atoms with Crippen LogP contribution in [0.15, 0.2) is 22.8 Å². The number of furan rings is 1. The molecule has 4 nitrogen and oxygen atoms in total. The Morgan fingerprint density at radius 2 is 2.39 bits per heavy atom. The first-order chi connectivity index (χ1) is 8.78. The molecule has 0 aliphatic carbocycles. The Balaban J connectivity index is 1.95. The summed E-state index contributed by atoms with van der Waals surface area (Å²) < 4.78 is 11.0. The van der Waals surface area contributed by atoms with Crippen LogP contribution in [-0.4, -0.2) is 37.7 Å². The number of ether oxygens (including phenoxy) is 1. The quantitative estimate of drug-likeness (QED) is 0.839. The Bertz CT molecular complexity index is 332. The zero-order chi connectivity index (χ0) is 12.8. The van der Waals surface area contributed by atoms with Gasteiger partial charge in [0.2, 0.25) is 0 Å². The monoisotopic (exact) mass is 252 g/mol. The Morgan fingerprint density at radius 3 is 2.94 bits per heavy atom. The lowest BCUT2D eigenvalue weighted by Crippen LogP contribution is -2.47. The van der Waals surface area contributed by atoms with Crippen molar-refractivity contribution in [1.82, 2.24) is 4.90 Å². The third-order valence-corrected chi connectivity index (χ3v) is 3.80. The van der Waals surface area contributed by atoms with E-state index in [4.69, 9.17) is 14.9 Å². The average molecular weight is 252 g/mol. The van der Waals surface area contributed by atoms with Gasteiger partial charge in [-0.05, 0) is 31.5 Å². The Kier molecular flexibility index (Phi) is 4.80. The van der Waals surface area contributed by atoms with E-state index in [0.29, 0.717) is 6.54 Å². The maximum atomic E-state index is 5.98. The van der Waals surface area contributed by atoms with Crippen LogP contribution in [0, 0.1) is 5.41 Å². The van der Waals surface area contributed by atoms with Crippen LogP contribution in [0.2, 0.25) is 0 Å². The Morgan fingerprint density at radius 1 is 1.50 bits per heavy atom. The van der Waals surface area contributed by atoms with Gasteiger partial charge >= 0.3 is 0 Å². The van der Waals surface area contributed by atoms with Gasteiger partial charge in [-0.2, -0.15) is 0 Å². The molecule has 4 heteroatoms. The van der Waals surface area contributed by atoms with Gasteiger partial charge in [0, 0.05) is 25.1 Å². The highest BCUT2D eigenvalue weighted by Gasteiger charge is 2.33. The Labute approximate surface area is 109 Å². The summed E-state index contributed by atoms with van der Waals surface area (Å²) in [6, 6.07) is 3.96. The maximum absolute atomic E-state index is 5.98. The van der Waals surface area contributed by atoms with Gasteiger partial charge in [-0.25, -0.2) is 0 Å². The van der Waals surface area contributed by atoms with E-state index in [1.165, 1.54) is 0 Å². The van der Waals surface area contributed by atoms with Gasteiger partial charge in [0.25, 0.3) is 0 Å². The van der Waals surface area contributed by atoms with Crippen LogP contribution in [0.3, 0.4) is 0 Å². The molecule has 2 N–H and O–H groups in total. The van der Waals surface area contributed by atoms with Crippen molar-refractivity contribution in [3.05, 3.63) is 24.2 Å². The molecule has 102 valence electrons. The van der Waals surface area contributed by atoms with E-state index < -0.39 is 0 Å². The molecule has 0 spiro atoms. The maximum Gasteiger partial charge on any atom is 0.117 e. The fraction of sp³-hybridized carbons (Fsp3) is 0.714. The minimum atomic E-state index is 0.126. The molecular formula is C14H24N2O2. The fourth-order valence-corrected chi connectivity index (χ4v) is 2.64. The van der Waals surface area contributed by atoms with Crippen molar-refractivity contribution in [2.75, 3.05) is 32.8 Å². The molecule has 0 bridgehead atoms. The first kappa shape index (κ1) is 13.6. The van der Waals surface area contributed by atoms with E-state index in [2.05, 4.69) is 11.8 Å². The van der Waals surface area contributed by atoms with Crippen molar-refractivity contribution >= 4 is 0 Å². The molecule has 0 radical (unpaired) electrons. The lowest BCUT2D eigenvalue weighted by molar-refractivity contribution is -0.0232. The second-order valence-corrected chi connectivity index (χ2v) is 5.24. The highest BCUT2D eigenvalue weighted by Crippen LogP contribution is 2.29. The summed E-state index contributed by atoms with van der Waals surface area (Å²) >= 11 is 0. The lowest BCUT2D eigenvalue weighted by Gasteiger charge is -2.39. The molecule has 1 fully saturated rings. The average Bonchev–Trinajstić information content (AvgIpc) is 2.92. The summed E-state index contributed by atoms with van der Waals surface area (Å²) in [6.45, 7) is 7.39. The number of hydrogen-bond acceptors (Lipinski definition) is 4. The number of nitrogens with two attached hydrogens (primary N) is 1. The molecule has 1 aromatic heterocycles. The molecule has 0 saturated carbocycles. The highest BCUT2D eigenvalue weighted by atomic mass is 16.5. The fourth-order valence-electron chi connectivity index (χ4n) is 2.64. The van der Waals surface area contributed by atoms with Crippen molar-refractivity contribution in [2.45, 2.75) is 26.3 Å². The van der Waals surface area contributed by atoms with Crippen molar-refractivity contribution in [3.63, 3.8) is 0 Å². The largest absolute Gasteiger partial charge is 0.468 e. The molecule has 2 rings (SSSR count). The van der Waals surface area contributed by atoms with E-state index >= 15 is 0 Å². The van der Waals surface area contributed by atoms with Crippen molar-refractivity contribution in [3.8, 4) is 0 Å². The van der Waals surface area contributed by atoms with E-state index in [0.717, 1.165) is 51.4 Å². The predicted octanol–water partition coefficient (Wildman–Crippen LogP) is 1.86. The molecule has 1 atom stereocenters. The van der Waals surface area contributed by atoms with Crippen molar-refractivity contribution in [1.29, 1.82) is 0 Å². The molecule has 1 aromatic rings. The zero-order valence-corrected chi connectivity index (χ0v) is 11.2. The van der Waals surface area contributed by atoms with Crippen LogP contribution in [-0.2, 0) is 11.3 Å². The molecule has 2 heterocycles. The van der Waals surface area contributed by atoms with Crippen LogP contribution in [0.4, 0.5) is 0 Å². The molecule has 18 heavy (non-hydrogen) atoms. The highest BCUT2D eigenvalue weighted by molar-refractivity contribution is 4.98. The van der Waals surface area contributed by atoms with Gasteiger partial charge in [-0.15, -0.1) is 0 Å². The van der Waals surface area contributed by atoms with Crippen LogP contribution in [0.25, 0.3) is 0 Å². The van der Waals surface area contributed by atoms with Crippen LogP contribution < -0.4 is 5.73 Å². The molecule has 0 aromatic carbocycles. The second-order valence-electron chi connectivity index (χ2n) is 5.24. The van der Waals surface area contributed by atoms with E-state index in [9.17, 15) is 0 Å². The zero-order valence-electron chi connectivity index (χ0n) is 11.2. The second kappa shape index (κ2) is 6.36. The third-order valence-electron chi connectivity index (χ3n) is 3.80. The number of nitrogens with zero attached hydrogens (tertiary/aromatic N) is 1. The van der Waals surface area contributed by atoms with Crippen molar-refractivity contribution < 1.29 is 9.15 Å². The van der Waals surface area contributed by atoms with Gasteiger partial charge in [0.15, 0.2) is 0 Å². The molecule has 1 aliphatic rings. The van der Waals surface area contributed by atoms with E-state index in [-0.39, 0.29) is 5.41 Å². The Hall–Kier alpha value is -0.840. The molecular weight excluding hydrogens is 228 g/mol. The number of hydrogen-bond donors (Lipinski definition) is 1. The smallest absolute Gasteiger partial charge is 0.117 e. The van der Waals surface area contributed by atoms with Gasteiger partial charge in [0.05, 0.1) is 19.4 Å². The van der Waals surface area contributed by atoms with Crippen LogP contribution >= 0.6 is 0 Å². The molecule has 1 unspecified atom stereocenters. The topological polar surface area (TPSA) is 51.6 Å². The summed E-state index contributed by atoms with van der Waals surface area (Å²) in [4.78, 5) is 2.39. The van der Waals surface area contributed by atoms with E-state index in [1.54, 1.807) is 6.26 Å². The van der Waals surface area contributed by atoms with Crippen LogP contribution in [0.5, 0.6) is 0 Å². The van der Waals surface area contributed by atoms with Crippen LogP contribution in [0.1, 0.15) is 25.5 Å².